The van der Waals surface area contributed by atoms with Gasteiger partial charge in [0.05, 0.1) is 11.1 Å². The van der Waals surface area contributed by atoms with E-state index < -0.39 is 11.9 Å². The minimum atomic E-state index is -0.434. The van der Waals surface area contributed by atoms with Crippen LogP contribution in [-0.4, -0.2) is 24.9 Å². The summed E-state index contributed by atoms with van der Waals surface area (Å²) < 4.78 is 17.8. The highest BCUT2D eigenvalue weighted by molar-refractivity contribution is 6.30. The number of ether oxygens (including phenoxy) is 1. The summed E-state index contributed by atoms with van der Waals surface area (Å²) in [7, 11) is 1.63. The lowest BCUT2D eigenvalue weighted by atomic mass is 10.0. The fourth-order valence-electron chi connectivity index (χ4n) is 1.50. The van der Waals surface area contributed by atoms with Crippen LogP contribution >= 0.6 is 11.6 Å². The van der Waals surface area contributed by atoms with Gasteiger partial charge < -0.3 is 9.84 Å². The first-order valence-electron chi connectivity index (χ1n) is 5.24. The molecule has 90 valence electrons. The Morgan fingerprint density at radius 1 is 1.50 bits per heavy atom. The quantitative estimate of drug-likeness (QED) is 0.783. The van der Waals surface area contributed by atoms with Crippen LogP contribution in [0.3, 0.4) is 0 Å². The Kier molecular flexibility index (Phi) is 5.74. The normalized spacial score (nSPS) is 12.8. The summed E-state index contributed by atoms with van der Waals surface area (Å²) in [6, 6.07) is 4.51. The molecule has 1 aromatic rings. The second-order valence-corrected chi connectivity index (χ2v) is 4.15. The average Bonchev–Trinajstić information content (AvgIpc) is 2.24. The summed E-state index contributed by atoms with van der Waals surface area (Å²) in [5.74, 6) is -0.431. The molecule has 0 bridgehead atoms. The van der Waals surface area contributed by atoms with Crippen molar-refractivity contribution < 1.29 is 14.2 Å². The maximum absolute atomic E-state index is 12.9. The number of hydrogen-bond acceptors (Lipinski definition) is 2. The van der Waals surface area contributed by atoms with E-state index in [4.69, 9.17) is 16.3 Å². The third-order valence-corrected chi connectivity index (χ3v) is 2.63. The van der Waals surface area contributed by atoms with Gasteiger partial charge in [0.15, 0.2) is 0 Å². The Morgan fingerprint density at radius 3 is 2.88 bits per heavy atom. The Balaban J connectivity index is 2.43. The van der Waals surface area contributed by atoms with E-state index in [1.807, 2.05) is 0 Å². The van der Waals surface area contributed by atoms with E-state index in [0.717, 1.165) is 12.0 Å². The van der Waals surface area contributed by atoms with Gasteiger partial charge in [-0.15, -0.1) is 0 Å². The first-order valence-corrected chi connectivity index (χ1v) is 5.62. The van der Waals surface area contributed by atoms with Gasteiger partial charge in [-0.25, -0.2) is 4.39 Å². The minimum Gasteiger partial charge on any atom is -0.393 e. The molecule has 1 rings (SSSR count). The van der Waals surface area contributed by atoms with Crippen molar-refractivity contribution in [3.63, 3.8) is 0 Å². The van der Waals surface area contributed by atoms with E-state index in [-0.39, 0.29) is 5.02 Å². The maximum atomic E-state index is 12.9. The van der Waals surface area contributed by atoms with E-state index in [9.17, 15) is 9.50 Å². The van der Waals surface area contributed by atoms with Gasteiger partial charge in [0, 0.05) is 13.7 Å². The summed E-state index contributed by atoms with van der Waals surface area (Å²) in [5, 5.41) is 9.80. The molecule has 0 aliphatic carbocycles. The van der Waals surface area contributed by atoms with Crippen molar-refractivity contribution in [1.29, 1.82) is 0 Å². The number of aliphatic hydroxyl groups is 1. The van der Waals surface area contributed by atoms with Gasteiger partial charge in [0.1, 0.15) is 5.82 Å². The SMILES string of the molecule is COCCCC(O)Cc1ccc(F)c(Cl)c1. The third kappa shape index (κ3) is 4.47. The summed E-state index contributed by atoms with van der Waals surface area (Å²) in [5.41, 5.74) is 0.844. The average molecular weight is 247 g/mol. The number of methoxy groups -OCH3 is 1. The van der Waals surface area contributed by atoms with Crippen molar-refractivity contribution in [2.75, 3.05) is 13.7 Å². The molecule has 0 amide bonds. The molecule has 1 unspecified atom stereocenters. The van der Waals surface area contributed by atoms with Gasteiger partial charge in [-0.3, -0.25) is 0 Å². The highest BCUT2D eigenvalue weighted by Crippen LogP contribution is 2.17. The summed E-state index contributed by atoms with van der Waals surface area (Å²) in [6.07, 6.45) is 1.54. The fourth-order valence-corrected chi connectivity index (χ4v) is 1.71. The van der Waals surface area contributed by atoms with Crippen molar-refractivity contribution in [3.8, 4) is 0 Å². The predicted molar refractivity (Wildman–Crippen MR) is 62.2 cm³/mol. The summed E-state index contributed by atoms with van der Waals surface area (Å²) in [6.45, 7) is 0.640. The summed E-state index contributed by atoms with van der Waals surface area (Å²) in [4.78, 5) is 0. The highest BCUT2D eigenvalue weighted by Gasteiger charge is 2.07. The fraction of sp³-hybridized carbons (Fsp3) is 0.500. The molecule has 2 nitrogen and oxygen atoms in total. The molecule has 0 spiro atoms. The Morgan fingerprint density at radius 2 is 2.25 bits per heavy atom. The van der Waals surface area contributed by atoms with Crippen LogP contribution in [0.4, 0.5) is 4.39 Å². The third-order valence-electron chi connectivity index (χ3n) is 2.34. The molecule has 0 aliphatic rings. The lowest BCUT2D eigenvalue weighted by Gasteiger charge is -2.10. The Labute approximate surface area is 100.0 Å². The highest BCUT2D eigenvalue weighted by atomic mass is 35.5. The van der Waals surface area contributed by atoms with Gasteiger partial charge in [0.25, 0.3) is 0 Å². The molecule has 4 heteroatoms. The molecule has 0 saturated heterocycles. The Hall–Kier alpha value is -0.640. The van der Waals surface area contributed by atoms with Crippen LogP contribution in [-0.2, 0) is 11.2 Å². The van der Waals surface area contributed by atoms with E-state index >= 15 is 0 Å². The molecule has 0 radical (unpaired) electrons. The molecule has 0 aliphatic heterocycles. The topological polar surface area (TPSA) is 29.5 Å². The molecule has 1 N–H and O–H groups in total. The predicted octanol–water partition coefficient (Wildman–Crippen LogP) is 2.81. The molecule has 0 saturated carbocycles. The van der Waals surface area contributed by atoms with Crippen LogP contribution in [0.1, 0.15) is 18.4 Å². The smallest absolute Gasteiger partial charge is 0.141 e. The molecule has 0 fully saturated rings. The number of benzene rings is 1. The molecule has 1 atom stereocenters. The first kappa shape index (κ1) is 13.4. The lowest BCUT2D eigenvalue weighted by molar-refractivity contribution is 0.135. The molecule has 0 aromatic heterocycles. The maximum Gasteiger partial charge on any atom is 0.141 e. The van der Waals surface area contributed by atoms with E-state index in [0.29, 0.717) is 19.4 Å². The zero-order valence-corrected chi connectivity index (χ0v) is 10.0. The standard InChI is InChI=1S/C12H16ClFO2/c1-16-6-2-3-10(15)7-9-4-5-12(14)11(13)8-9/h4-5,8,10,15H,2-3,6-7H2,1H3. The van der Waals surface area contributed by atoms with Gasteiger partial charge in [-0.2, -0.15) is 0 Å². The zero-order valence-electron chi connectivity index (χ0n) is 9.25. The molecule has 16 heavy (non-hydrogen) atoms. The lowest BCUT2D eigenvalue weighted by Crippen LogP contribution is -2.11. The largest absolute Gasteiger partial charge is 0.393 e. The first-order chi connectivity index (χ1) is 7.63. The van der Waals surface area contributed by atoms with Crippen molar-refractivity contribution in [2.45, 2.75) is 25.4 Å². The number of halogens is 2. The van der Waals surface area contributed by atoms with Crippen molar-refractivity contribution in [3.05, 3.63) is 34.6 Å². The van der Waals surface area contributed by atoms with Crippen LogP contribution in [0.5, 0.6) is 0 Å². The molecular weight excluding hydrogens is 231 g/mol. The van der Waals surface area contributed by atoms with Crippen LogP contribution in [0, 0.1) is 5.82 Å². The second-order valence-electron chi connectivity index (χ2n) is 3.74. The summed E-state index contributed by atoms with van der Waals surface area (Å²) >= 11 is 5.65. The van der Waals surface area contributed by atoms with Crippen LogP contribution in [0.25, 0.3) is 0 Å². The van der Waals surface area contributed by atoms with E-state index in [1.54, 1.807) is 19.2 Å². The van der Waals surface area contributed by atoms with E-state index in [2.05, 4.69) is 0 Å². The van der Waals surface area contributed by atoms with Crippen LogP contribution in [0.2, 0.25) is 5.02 Å². The van der Waals surface area contributed by atoms with Gasteiger partial charge in [-0.1, -0.05) is 17.7 Å². The molecule has 0 heterocycles. The van der Waals surface area contributed by atoms with Gasteiger partial charge >= 0.3 is 0 Å². The second kappa shape index (κ2) is 6.84. The minimum absolute atomic E-state index is 0.0987. The number of aliphatic hydroxyl groups excluding tert-OH is 1. The number of rotatable bonds is 6. The van der Waals surface area contributed by atoms with Crippen molar-refractivity contribution in [1.82, 2.24) is 0 Å². The number of hydrogen-bond donors (Lipinski definition) is 1. The van der Waals surface area contributed by atoms with Gasteiger partial charge in [0.2, 0.25) is 0 Å². The van der Waals surface area contributed by atoms with Crippen molar-refractivity contribution in [2.24, 2.45) is 0 Å². The van der Waals surface area contributed by atoms with Crippen LogP contribution in [0.15, 0.2) is 18.2 Å². The van der Waals surface area contributed by atoms with Crippen LogP contribution < -0.4 is 0 Å². The van der Waals surface area contributed by atoms with Crippen molar-refractivity contribution >= 4 is 11.6 Å². The zero-order chi connectivity index (χ0) is 12.0. The molecule has 1 aromatic carbocycles. The molecular formula is C12H16ClFO2. The Bertz CT molecular complexity index is 331. The van der Waals surface area contributed by atoms with E-state index in [1.165, 1.54) is 6.07 Å². The van der Waals surface area contributed by atoms with Gasteiger partial charge in [-0.05, 0) is 37.0 Å². The monoisotopic (exact) mass is 246 g/mol.